The highest BCUT2D eigenvalue weighted by Crippen LogP contribution is 2.28. The normalized spacial score (nSPS) is 19.7. The van der Waals surface area contributed by atoms with E-state index in [0.29, 0.717) is 31.9 Å². The first-order valence-electron chi connectivity index (χ1n) is 9.87. The number of hydrogen-bond donors (Lipinski definition) is 0. The number of nitrogens with zero attached hydrogens (tertiary/aromatic N) is 3. The van der Waals surface area contributed by atoms with Crippen LogP contribution in [0.4, 0.5) is 10.1 Å². The second-order valence-electron chi connectivity index (χ2n) is 7.36. The Kier molecular flexibility index (Phi) is 5.65. The molecule has 3 amide bonds. The van der Waals surface area contributed by atoms with Crippen molar-refractivity contribution in [2.75, 3.05) is 37.6 Å². The van der Waals surface area contributed by atoms with E-state index in [4.69, 9.17) is 4.42 Å². The minimum absolute atomic E-state index is 0.0677. The molecule has 7 nitrogen and oxygen atoms in total. The molecule has 0 bridgehead atoms. The summed E-state index contributed by atoms with van der Waals surface area (Å²) < 4.78 is 19.2. The van der Waals surface area contributed by atoms with Gasteiger partial charge in [-0.05, 0) is 30.3 Å². The molecule has 8 heteroatoms. The maximum Gasteiger partial charge on any atom is 0.246 e. The van der Waals surface area contributed by atoms with Crippen molar-refractivity contribution in [2.45, 2.75) is 6.42 Å². The summed E-state index contributed by atoms with van der Waals surface area (Å²) in [5.41, 5.74) is 0.205. The van der Waals surface area contributed by atoms with Gasteiger partial charge in [-0.15, -0.1) is 0 Å². The van der Waals surface area contributed by atoms with Crippen molar-refractivity contribution in [3.8, 4) is 0 Å². The number of carbonyl (C=O) groups excluding carboxylic acids is 3. The Morgan fingerprint density at radius 1 is 1.03 bits per heavy atom. The van der Waals surface area contributed by atoms with Crippen LogP contribution in [0.5, 0.6) is 0 Å². The molecule has 1 aromatic heterocycles. The average molecular weight is 411 g/mol. The number of hydrogen-bond acceptors (Lipinski definition) is 4. The zero-order valence-corrected chi connectivity index (χ0v) is 16.4. The predicted octanol–water partition coefficient (Wildman–Crippen LogP) is 2.16. The molecule has 2 aliphatic heterocycles. The van der Waals surface area contributed by atoms with E-state index in [1.807, 2.05) is 0 Å². The highest BCUT2D eigenvalue weighted by molar-refractivity contribution is 6.00. The molecule has 2 aromatic rings. The molecule has 2 aliphatic rings. The van der Waals surface area contributed by atoms with Crippen LogP contribution in [0.3, 0.4) is 0 Å². The fourth-order valence-corrected chi connectivity index (χ4v) is 3.83. The van der Waals surface area contributed by atoms with Crippen LogP contribution >= 0.6 is 0 Å². The minimum atomic E-state index is -0.502. The van der Waals surface area contributed by atoms with Gasteiger partial charge in [0.1, 0.15) is 11.6 Å². The van der Waals surface area contributed by atoms with Crippen molar-refractivity contribution in [1.82, 2.24) is 9.80 Å². The van der Waals surface area contributed by atoms with Crippen molar-refractivity contribution < 1.29 is 23.2 Å². The van der Waals surface area contributed by atoms with Gasteiger partial charge in [0.15, 0.2) is 0 Å². The van der Waals surface area contributed by atoms with E-state index in [0.717, 1.165) is 0 Å². The maximum absolute atomic E-state index is 14.0. The van der Waals surface area contributed by atoms with Gasteiger partial charge in [0.05, 0.1) is 17.9 Å². The number of rotatable bonds is 4. The second kappa shape index (κ2) is 8.52. The molecule has 0 spiro atoms. The standard InChI is InChI=1S/C22H22FN3O4/c23-18-5-1-2-6-19(18)26-15-16(14-21(26)28)22(29)25-11-9-24(10-12-25)20(27)8-7-17-4-3-13-30-17/h1-8,13,16H,9-12,14-15H2. The number of amides is 3. The number of piperazine rings is 1. The van der Waals surface area contributed by atoms with Gasteiger partial charge in [-0.3, -0.25) is 14.4 Å². The minimum Gasteiger partial charge on any atom is -0.465 e. The van der Waals surface area contributed by atoms with Crippen molar-refractivity contribution in [1.29, 1.82) is 0 Å². The zero-order chi connectivity index (χ0) is 21.1. The monoisotopic (exact) mass is 411 g/mol. The lowest BCUT2D eigenvalue weighted by molar-refractivity contribution is -0.140. The van der Waals surface area contributed by atoms with Crippen LogP contribution in [-0.4, -0.2) is 60.2 Å². The fourth-order valence-electron chi connectivity index (χ4n) is 3.83. The van der Waals surface area contributed by atoms with E-state index in [1.165, 1.54) is 23.3 Å². The fraction of sp³-hybridized carbons (Fsp3) is 0.318. The summed E-state index contributed by atoms with van der Waals surface area (Å²) in [5.74, 6) is -0.898. The van der Waals surface area contributed by atoms with Gasteiger partial charge in [0.25, 0.3) is 0 Å². The molecule has 156 valence electrons. The Balaban J connectivity index is 1.32. The Labute approximate surface area is 173 Å². The van der Waals surface area contributed by atoms with Crippen molar-refractivity contribution in [2.24, 2.45) is 5.92 Å². The molecule has 2 saturated heterocycles. The molecule has 0 saturated carbocycles. The maximum atomic E-state index is 14.0. The summed E-state index contributed by atoms with van der Waals surface area (Å²) in [7, 11) is 0. The molecule has 0 aliphatic carbocycles. The topological polar surface area (TPSA) is 74.1 Å². The first-order valence-corrected chi connectivity index (χ1v) is 9.87. The molecular formula is C22H22FN3O4. The number of para-hydroxylation sites is 1. The number of halogens is 1. The van der Waals surface area contributed by atoms with Gasteiger partial charge in [-0.25, -0.2) is 4.39 Å². The Hall–Kier alpha value is -3.42. The van der Waals surface area contributed by atoms with Gasteiger partial charge < -0.3 is 19.1 Å². The third-order valence-corrected chi connectivity index (χ3v) is 5.45. The van der Waals surface area contributed by atoms with Crippen molar-refractivity contribution >= 4 is 29.5 Å². The van der Waals surface area contributed by atoms with Crippen LogP contribution in [0.15, 0.2) is 53.2 Å². The van der Waals surface area contributed by atoms with Crippen LogP contribution in [-0.2, 0) is 14.4 Å². The van der Waals surface area contributed by atoms with Crippen LogP contribution in [0.25, 0.3) is 6.08 Å². The smallest absolute Gasteiger partial charge is 0.246 e. The van der Waals surface area contributed by atoms with Gasteiger partial charge >= 0.3 is 0 Å². The largest absolute Gasteiger partial charge is 0.465 e. The molecule has 1 unspecified atom stereocenters. The first-order chi connectivity index (χ1) is 14.5. The molecular weight excluding hydrogens is 389 g/mol. The summed E-state index contributed by atoms with van der Waals surface area (Å²) in [6.07, 6.45) is 4.67. The van der Waals surface area contributed by atoms with Crippen molar-refractivity contribution in [3.63, 3.8) is 0 Å². The Bertz CT molecular complexity index is 965. The molecule has 4 rings (SSSR count). The van der Waals surface area contributed by atoms with E-state index in [9.17, 15) is 18.8 Å². The summed E-state index contributed by atoms with van der Waals surface area (Å²) in [5, 5.41) is 0. The SMILES string of the molecule is O=C(C=Cc1ccco1)N1CCN(C(=O)C2CC(=O)N(c3ccccc3F)C2)CC1. The Morgan fingerprint density at radius 2 is 1.77 bits per heavy atom. The van der Waals surface area contributed by atoms with E-state index in [-0.39, 0.29) is 36.4 Å². The molecule has 0 radical (unpaired) electrons. The summed E-state index contributed by atoms with van der Waals surface area (Å²) in [6.45, 7) is 1.83. The van der Waals surface area contributed by atoms with Crippen LogP contribution < -0.4 is 4.90 Å². The van der Waals surface area contributed by atoms with E-state index in [1.54, 1.807) is 46.2 Å². The van der Waals surface area contributed by atoms with Gasteiger partial charge in [-0.2, -0.15) is 0 Å². The van der Waals surface area contributed by atoms with E-state index < -0.39 is 11.7 Å². The molecule has 1 aromatic carbocycles. The summed E-state index contributed by atoms with van der Waals surface area (Å²) in [6, 6.07) is 9.57. The molecule has 1 atom stereocenters. The Morgan fingerprint density at radius 3 is 2.47 bits per heavy atom. The number of benzene rings is 1. The predicted molar refractivity (Wildman–Crippen MR) is 108 cm³/mol. The van der Waals surface area contributed by atoms with E-state index in [2.05, 4.69) is 0 Å². The quantitative estimate of drug-likeness (QED) is 0.723. The number of furan rings is 1. The van der Waals surface area contributed by atoms with Gasteiger partial charge in [-0.1, -0.05) is 12.1 Å². The highest BCUT2D eigenvalue weighted by Gasteiger charge is 2.38. The average Bonchev–Trinajstić information content (AvgIpc) is 3.42. The summed E-state index contributed by atoms with van der Waals surface area (Å²) >= 11 is 0. The number of anilines is 1. The molecule has 2 fully saturated rings. The highest BCUT2D eigenvalue weighted by atomic mass is 19.1. The zero-order valence-electron chi connectivity index (χ0n) is 16.4. The lowest BCUT2D eigenvalue weighted by Crippen LogP contribution is -2.51. The molecule has 3 heterocycles. The lowest BCUT2D eigenvalue weighted by Gasteiger charge is -2.35. The number of carbonyl (C=O) groups is 3. The summed E-state index contributed by atoms with van der Waals surface area (Å²) in [4.78, 5) is 42.3. The second-order valence-corrected chi connectivity index (χ2v) is 7.36. The molecule has 0 N–H and O–H groups in total. The van der Waals surface area contributed by atoms with Crippen LogP contribution in [0, 0.1) is 11.7 Å². The van der Waals surface area contributed by atoms with Crippen LogP contribution in [0.1, 0.15) is 12.2 Å². The van der Waals surface area contributed by atoms with Crippen molar-refractivity contribution in [3.05, 3.63) is 60.3 Å². The van der Waals surface area contributed by atoms with Gasteiger partial charge in [0, 0.05) is 45.2 Å². The lowest BCUT2D eigenvalue weighted by atomic mass is 10.1. The third kappa shape index (κ3) is 4.12. The van der Waals surface area contributed by atoms with Gasteiger partial charge in [0.2, 0.25) is 17.7 Å². The van der Waals surface area contributed by atoms with Crippen LogP contribution in [0.2, 0.25) is 0 Å². The molecule has 30 heavy (non-hydrogen) atoms. The van der Waals surface area contributed by atoms with E-state index >= 15 is 0 Å². The third-order valence-electron chi connectivity index (χ3n) is 5.45. The first kappa shape index (κ1) is 19.9.